The normalized spacial score (nSPS) is 10.2. The second kappa shape index (κ2) is 6.48. The topological polar surface area (TPSA) is 27.7 Å². The van der Waals surface area contributed by atoms with Crippen LogP contribution in [0, 0.1) is 5.82 Å². The van der Waals surface area contributed by atoms with Crippen LogP contribution in [0.3, 0.4) is 0 Å². The molecule has 0 N–H and O–H groups in total. The van der Waals surface area contributed by atoms with Crippen molar-refractivity contribution in [2.24, 2.45) is 0 Å². The largest absolute Gasteiger partial charge is 0.493 e. The van der Waals surface area contributed by atoms with Crippen molar-refractivity contribution in [3.8, 4) is 17.2 Å². The molecule has 0 saturated heterocycles. The van der Waals surface area contributed by atoms with Gasteiger partial charge in [0, 0.05) is 5.56 Å². The van der Waals surface area contributed by atoms with Crippen LogP contribution in [-0.4, -0.2) is 14.2 Å². The van der Waals surface area contributed by atoms with Crippen molar-refractivity contribution >= 4 is 11.6 Å². The molecule has 0 radical (unpaired) electrons. The maximum absolute atomic E-state index is 13.0. The van der Waals surface area contributed by atoms with Crippen molar-refractivity contribution in [2.45, 2.75) is 6.61 Å². The van der Waals surface area contributed by atoms with Crippen LogP contribution in [0.5, 0.6) is 17.2 Å². The monoisotopic (exact) mass is 296 g/mol. The van der Waals surface area contributed by atoms with Crippen LogP contribution >= 0.6 is 11.6 Å². The predicted molar refractivity (Wildman–Crippen MR) is 75.3 cm³/mol. The van der Waals surface area contributed by atoms with E-state index in [9.17, 15) is 4.39 Å². The molecule has 0 aromatic heterocycles. The Morgan fingerprint density at radius 2 is 1.70 bits per heavy atom. The molecular weight excluding hydrogens is 283 g/mol. The van der Waals surface area contributed by atoms with Gasteiger partial charge in [-0.2, -0.15) is 0 Å². The van der Waals surface area contributed by atoms with E-state index in [2.05, 4.69) is 0 Å². The summed E-state index contributed by atoms with van der Waals surface area (Å²) < 4.78 is 29.1. The van der Waals surface area contributed by atoms with Gasteiger partial charge in [0.2, 0.25) is 5.75 Å². The Bertz CT molecular complexity index is 579. The smallest absolute Gasteiger partial charge is 0.203 e. The maximum atomic E-state index is 13.0. The van der Waals surface area contributed by atoms with E-state index < -0.39 is 0 Å². The van der Waals surface area contributed by atoms with Crippen LogP contribution in [0.15, 0.2) is 36.4 Å². The summed E-state index contributed by atoms with van der Waals surface area (Å²) in [5.41, 5.74) is 0.682. The molecule has 0 amide bonds. The molecule has 20 heavy (non-hydrogen) atoms. The second-order valence-electron chi connectivity index (χ2n) is 4.02. The van der Waals surface area contributed by atoms with E-state index in [1.807, 2.05) is 0 Å². The summed E-state index contributed by atoms with van der Waals surface area (Å²) in [6.07, 6.45) is 0. The fraction of sp³-hybridized carbons (Fsp3) is 0.200. The number of hydrogen-bond acceptors (Lipinski definition) is 3. The Morgan fingerprint density at radius 3 is 2.25 bits per heavy atom. The fourth-order valence-corrected chi connectivity index (χ4v) is 1.97. The Hall–Kier alpha value is -1.94. The molecule has 0 bridgehead atoms. The van der Waals surface area contributed by atoms with Crippen LogP contribution in [0.2, 0.25) is 5.02 Å². The van der Waals surface area contributed by atoms with E-state index in [0.717, 1.165) is 0 Å². The first-order valence-electron chi connectivity index (χ1n) is 5.93. The Labute approximate surface area is 121 Å². The fourth-order valence-electron chi connectivity index (χ4n) is 1.75. The summed E-state index contributed by atoms with van der Waals surface area (Å²) >= 11 is 5.96. The molecular formula is C15H14ClFO3. The highest BCUT2D eigenvalue weighted by molar-refractivity contribution is 6.31. The highest BCUT2D eigenvalue weighted by Crippen LogP contribution is 2.37. The molecule has 0 fully saturated rings. The van der Waals surface area contributed by atoms with Gasteiger partial charge < -0.3 is 14.2 Å². The number of halogens is 2. The molecule has 5 heteroatoms. The number of ether oxygens (including phenoxy) is 3. The molecule has 3 nitrogen and oxygen atoms in total. The third-order valence-electron chi connectivity index (χ3n) is 2.77. The van der Waals surface area contributed by atoms with Crippen LogP contribution in [0.1, 0.15) is 5.56 Å². The average molecular weight is 297 g/mol. The summed E-state index contributed by atoms with van der Waals surface area (Å²) in [6.45, 7) is 0.190. The number of rotatable bonds is 5. The molecule has 2 aromatic rings. The number of benzene rings is 2. The molecule has 0 aliphatic carbocycles. The summed E-state index contributed by atoms with van der Waals surface area (Å²) in [5, 5.41) is 0.318. The lowest BCUT2D eigenvalue weighted by Gasteiger charge is -2.14. The van der Waals surface area contributed by atoms with Crippen molar-refractivity contribution in [3.63, 3.8) is 0 Å². The molecule has 0 heterocycles. The van der Waals surface area contributed by atoms with E-state index in [1.54, 1.807) is 38.5 Å². The van der Waals surface area contributed by atoms with Gasteiger partial charge in [0.25, 0.3) is 0 Å². The van der Waals surface area contributed by atoms with Crippen LogP contribution in [0.4, 0.5) is 4.39 Å². The maximum Gasteiger partial charge on any atom is 0.203 e. The second-order valence-corrected chi connectivity index (χ2v) is 4.42. The van der Waals surface area contributed by atoms with Crippen molar-refractivity contribution in [3.05, 3.63) is 52.8 Å². The van der Waals surface area contributed by atoms with Gasteiger partial charge in [-0.1, -0.05) is 23.7 Å². The summed E-state index contributed by atoms with van der Waals surface area (Å²) in [4.78, 5) is 0. The van der Waals surface area contributed by atoms with E-state index in [0.29, 0.717) is 27.8 Å². The Kier molecular flexibility index (Phi) is 4.69. The van der Waals surface area contributed by atoms with Gasteiger partial charge in [-0.25, -0.2) is 4.39 Å². The lowest BCUT2D eigenvalue weighted by Crippen LogP contribution is -2.00. The zero-order valence-corrected chi connectivity index (χ0v) is 11.9. The molecule has 0 atom stereocenters. The summed E-state index contributed by atoms with van der Waals surface area (Å²) in [7, 11) is 3.10. The quantitative estimate of drug-likeness (QED) is 0.832. The van der Waals surface area contributed by atoms with Gasteiger partial charge in [-0.15, -0.1) is 0 Å². The zero-order valence-electron chi connectivity index (χ0n) is 11.2. The minimum absolute atomic E-state index is 0.190. The Morgan fingerprint density at radius 1 is 1.05 bits per heavy atom. The highest BCUT2D eigenvalue weighted by Gasteiger charge is 2.12. The minimum Gasteiger partial charge on any atom is -0.493 e. The first-order chi connectivity index (χ1) is 9.65. The lowest BCUT2D eigenvalue weighted by atomic mass is 10.2. The van der Waals surface area contributed by atoms with Gasteiger partial charge in [0.05, 0.1) is 19.2 Å². The number of methoxy groups -OCH3 is 2. The van der Waals surface area contributed by atoms with Crippen LogP contribution in [-0.2, 0) is 6.61 Å². The third-order valence-corrected chi connectivity index (χ3v) is 3.12. The van der Waals surface area contributed by atoms with Gasteiger partial charge in [0.1, 0.15) is 12.4 Å². The van der Waals surface area contributed by atoms with Crippen molar-refractivity contribution < 1.29 is 18.6 Å². The van der Waals surface area contributed by atoms with E-state index in [1.165, 1.54) is 12.1 Å². The van der Waals surface area contributed by atoms with Gasteiger partial charge in [-0.3, -0.25) is 0 Å². The highest BCUT2D eigenvalue weighted by atomic mass is 35.5. The molecule has 0 aliphatic heterocycles. The molecule has 0 saturated carbocycles. The number of para-hydroxylation sites is 1. The first-order valence-corrected chi connectivity index (χ1v) is 6.31. The minimum atomic E-state index is -0.381. The molecule has 2 rings (SSSR count). The van der Waals surface area contributed by atoms with Crippen LogP contribution < -0.4 is 14.2 Å². The van der Waals surface area contributed by atoms with Gasteiger partial charge in [0.15, 0.2) is 11.5 Å². The van der Waals surface area contributed by atoms with Crippen molar-refractivity contribution in [1.29, 1.82) is 0 Å². The molecule has 106 valence electrons. The van der Waals surface area contributed by atoms with Gasteiger partial charge >= 0.3 is 0 Å². The number of hydrogen-bond donors (Lipinski definition) is 0. The lowest BCUT2D eigenvalue weighted by molar-refractivity contribution is 0.266. The average Bonchev–Trinajstić information content (AvgIpc) is 2.46. The summed E-state index contributed by atoms with van der Waals surface area (Å²) in [5.74, 6) is 1.22. The molecule has 0 spiro atoms. The predicted octanol–water partition coefficient (Wildman–Crippen LogP) is 4.08. The summed E-state index contributed by atoms with van der Waals surface area (Å²) in [6, 6.07) is 9.51. The van der Waals surface area contributed by atoms with E-state index >= 15 is 0 Å². The van der Waals surface area contributed by atoms with Crippen molar-refractivity contribution in [2.75, 3.05) is 14.2 Å². The van der Waals surface area contributed by atoms with Crippen molar-refractivity contribution in [1.82, 2.24) is 0 Å². The SMILES string of the molecule is COc1cccc(OC)c1OCc1ccc(F)cc1Cl. The Balaban J connectivity index is 2.22. The molecule has 2 aromatic carbocycles. The van der Waals surface area contributed by atoms with Gasteiger partial charge in [-0.05, 0) is 24.3 Å². The van der Waals surface area contributed by atoms with E-state index in [-0.39, 0.29) is 12.4 Å². The zero-order chi connectivity index (χ0) is 14.5. The third kappa shape index (κ3) is 3.14. The first kappa shape index (κ1) is 14.5. The van der Waals surface area contributed by atoms with Crippen LogP contribution in [0.25, 0.3) is 0 Å². The molecule has 0 aliphatic rings. The van der Waals surface area contributed by atoms with E-state index in [4.69, 9.17) is 25.8 Å². The molecule has 0 unspecified atom stereocenters. The standard InChI is InChI=1S/C15H14ClFO3/c1-18-13-4-3-5-14(19-2)15(13)20-9-10-6-7-11(17)8-12(10)16/h3-8H,9H2,1-2H3.